The van der Waals surface area contributed by atoms with Gasteiger partial charge in [0.15, 0.2) is 0 Å². The summed E-state index contributed by atoms with van der Waals surface area (Å²) in [5, 5.41) is 0. The van der Waals surface area contributed by atoms with Crippen molar-refractivity contribution in [2.75, 3.05) is 0 Å². The van der Waals surface area contributed by atoms with Crippen molar-refractivity contribution in [3.63, 3.8) is 0 Å². The number of hydrogen-bond acceptors (Lipinski definition) is 4. The molecule has 15 heavy (non-hydrogen) atoms. The predicted molar refractivity (Wildman–Crippen MR) is 51.5 cm³/mol. The Bertz CT molecular complexity index is 240. The van der Waals surface area contributed by atoms with Gasteiger partial charge in [0.25, 0.3) is 0 Å². The van der Waals surface area contributed by atoms with Crippen LogP contribution >= 0.6 is 0 Å². The largest absolute Gasteiger partial charge is 2.00 e. The molecule has 0 saturated heterocycles. The van der Waals surface area contributed by atoms with E-state index in [-0.39, 0.29) is 35.9 Å². The van der Waals surface area contributed by atoms with Crippen LogP contribution in [0.5, 0.6) is 0 Å². The molecule has 0 unspecified atom stereocenters. The Kier molecular flexibility index (Phi) is 31.3. The van der Waals surface area contributed by atoms with Gasteiger partial charge in [-0.3, -0.25) is 8.42 Å². The van der Waals surface area contributed by atoms with Crippen molar-refractivity contribution in [1.29, 1.82) is 0 Å². The summed E-state index contributed by atoms with van der Waals surface area (Å²) in [6, 6.07) is 12.0. The maximum absolute atomic E-state index is 8.52. The summed E-state index contributed by atoms with van der Waals surface area (Å²) in [4.78, 5) is 0. The molecule has 0 aliphatic carbocycles. The molecule has 0 radical (unpaired) electrons. The predicted octanol–water partition coefficient (Wildman–Crippen LogP) is -2.42. The molecule has 9 N–H and O–H groups in total. The van der Waals surface area contributed by atoms with Gasteiger partial charge in [0.05, 0.1) is 0 Å². The van der Waals surface area contributed by atoms with Crippen molar-refractivity contribution in [2.24, 2.45) is 0 Å². The van der Waals surface area contributed by atoms with E-state index in [1.807, 2.05) is 36.4 Å². The van der Waals surface area contributed by atoms with Crippen LogP contribution in [0.1, 0.15) is 0 Å². The summed E-state index contributed by atoms with van der Waals surface area (Å²) in [5.74, 6) is 0. The standard InChI is InChI=1S/C6H6.H2O4S.3H2O.Ru/c1-2-4-6-5-3-1;1-5(2,3)4;;;;/h1-6H;(H2,1,2,3,4);3*1H2;/q;;;;;+2/p+1. The van der Waals surface area contributed by atoms with Gasteiger partial charge in [-0.1, -0.05) is 36.4 Å². The third kappa shape index (κ3) is 58.4. The molecule has 1 aromatic carbocycles. The van der Waals surface area contributed by atoms with Crippen LogP contribution in [0.2, 0.25) is 0 Å². The van der Waals surface area contributed by atoms with E-state index in [1.165, 1.54) is 0 Å². The number of hydrogen-bond donors (Lipinski definition) is 0. The van der Waals surface area contributed by atoms with Crippen LogP contribution in [0.4, 0.5) is 0 Å². The summed E-state index contributed by atoms with van der Waals surface area (Å²) in [5.41, 5.74) is 0. The maximum Gasteiger partial charge on any atom is 2.00 e. The average molecular weight is 332 g/mol. The molecule has 1 rings (SSSR count). The minimum absolute atomic E-state index is 0. The van der Waals surface area contributed by atoms with Crippen LogP contribution in [0.25, 0.3) is 0 Å². The molecule has 0 amide bonds. The van der Waals surface area contributed by atoms with Crippen molar-refractivity contribution in [3.8, 4) is 0 Å². The fourth-order valence-electron chi connectivity index (χ4n) is 0.385. The van der Waals surface area contributed by atoms with Crippen LogP contribution in [-0.2, 0) is 46.3 Å². The van der Waals surface area contributed by atoms with Gasteiger partial charge in [-0.2, -0.15) is 0 Å². The fraction of sp³-hybridized carbons (Fsp3) is 0. The van der Waals surface area contributed by atoms with Crippen molar-refractivity contribution in [2.45, 2.75) is 0 Å². The van der Waals surface area contributed by atoms with Gasteiger partial charge >= 0.3 is 19.5 Å². The van der Waals surface area contributed by atoms with Crippen molar-refractivity contribution in [3.05, 3.63) is 36.4 Å². The molecule has 0 aliphatic heterocycles. The van der Waals surface area contributed by atoms with E-state index >= 15 is 0 Å². The van der Waals surface area contributed by atoms with Gasteiger partial charge in [0.1, 0.15) is 0 Å². The Morgan fingerprint density at radius 1 is 0.667 bits per heavy atom. The van der Waals surface area contributed by atoms with Gasteiger partial charge in [0.2, 0.25) is 0 Å². The number of benzene rings is 1. The van der Waals surface area contributed by atoms with Gasteiger partial charge in [-0.25, -0.2) is 0 Å². The first-order valence-corrected chi connectivity index (χ1v) is 4.00. The van der Waals surface area contributed by atoms with Crippen LogP contribution in [-0.4, -0.2) is 17.5 Å². The van der Waals surface area contributed by atoms with Gasteiger partial charge < -0.3 is 25.5 Å². The Morgan fingerprint density at radius 2 is 0.733 bits per heavy atom. The fourth-order valence-corrected chi connectivity index (χ4v) is 0.385. The second kappa shape index (κ2) is 16.0. The van der Waals surface area contributed by atoms with Gasteiger partial charge in [-0.05, 0) is 0 Å². The molecule has 1 aromatic rings. The average Bonchev–Trinajstić information content (AvgIpc) is 1.88. The van der Waals surface area contributed by atoms with E-state index in [2.05, 4.69) is 0 Å². The first-order valence-electron chi connectivity index (χ1n) is 2.67. The molecule has 0 saturated carbocycles. The zero-order valence-electron chi connectivity index (χ0n) is 7.59. The van der Waals surface area contributed by atoms with E-state index in [9.17, 15) is 0 Å². The molecule has 0 atom stereocenters. The smallest absolute Gasteiger partial charge is 0.759 e. The van der Waals surface area contributed by atoms with Crippen LogP contribution < -0.4 is 0 Å². The molecule has 0 fully saturated rings. The van der Waals surface area contributed by atoms with E-state index in [1.54, 1.807) is 0 Å². The quantitative estimate of drug-likeness (QED) is 0.222. The minimum atomic E-state index is -5.17. The molecule has 0 aliphatic rings. The molecule has 92 valence electrons. The van der Waals surface area contributed by atoms with Crippen LogP contribution in [0.15, 0.2) is 36.4 Å². The van der Waals surface area contributed by atoms with Gasteiger partial charge in [0, 0.05) is 10.4 Å². The maximum atomic E-state index is 8.52. The zero-order valence-corrected chi connectivity index (χ0v) is 10.1. The Morgan fingerprint density at radius 3 is 0.800 bits per heavy atom. The Labute approximate surface area is 100 Å². The van der Waals surface area contributed by atoms with Gasteiger partial charge in [-0.15, -0.1) is 0 Å². The second-order valence-corrected chi connectivity index (χ2v) is 2.38. The molecule has 0 spiro atoms. The van der Waals surface area contributed by atoms with Crippen LogP contribution in [0, 0.1) is 0 Å². The molecule has 7 nitrogen and oxygen atoms in total. The molecule has 0 bridgehead atoms. The summed E-state index contributed by atoms with van der Waals surface area (Å²) in [6.45, 7) is 0. The third-order valence-corrected chi connectivity index (χ3v) is 0.667. The normalized spacial score (nSPS) is 7.07. The SMILES string of the molecule is O=S(=O)([O-])[O-].[OH3+].[OH3+].[OH3+].[Ru+2].c1ccccc1. The molecule has 9 heteroatoms. The Balaban J connectivity index is -0.0000000356. The summed E-state index contributed by atoms with van der Waals surface area (Å²) < 4.78 is 34.1. The first-order chi connectivity index (χ1) is 5.00. The molecular formula is C6H15O7RuS+3. The summed E-state index contributed by atoms with van der Waals surface area (Å²) >= 11 is 0. The monoisotopic (exact) mass is 333 g/mol. The first kappa shape index (κ1) is 29.3. The van der Waals surface area contributed by atoms with E-state index in [4.69, 9.17) is 17.5 Å². The third-order valence-electron chi connectivity index (χ3n) is 0.667. The van der Waals surface area contributed by atoms with Crippen molar-refractivity contribution in [1.82, 2.24) is 0 Å². The van der Waals surface area contributed by atoms with E-state index < -0.39 is 10.4 Å². The molecule has 0 aromatic heterocycles. The molecular weight excluding hydrogens is 317 g/mol. The second-order valence-electron chi connectivity index (χ2n) is 1.56. The zero-order chi connectivity index (χ0) is 8.74. The number of rotatable bonds is 0. The Hall–Kier alpha value is -0.407. The summed E-state index contributed by atoms with van der Waals surface area (Å²) in [6.07, 6.45) is 0. The van der Waals surface area contributed by atoms with Crippen LogP contribution in [0.3, 0.4) is 0 Å². The summed E-state index contributed by atoms with van der Waals surface area (Å²) in [7, 11) is -5.17. The van der Waals surface area contributed by atoms with E-state index in [0.717, 1.165) is 0 Å². The topological polar surface area (TPSA) is 179 Å². The molecule has 0 heterocycles. The minimum Gasteiger partial charge on any atom is -0.759 e. The van der Waals surface area contributed by atoms with E-state index in [0.29, 0.717) is 0 Å². The van der Waals surface area contributed by atoms with Crippen molar-refractivity contribution >= 4 is 10.4 Å². The van der Waals surface area contributed by atoms with Crippen molar-refractivity contribution < 1.29 is 53.4 Å².